The molecule has 0 fully saturated rings. The van der Waals surface area contributed by atoms with Crippen molar-refractivity contribution in [3.05, 3.63) is 81.4 Å². The number of nitrogens with two attached hydrogens (primary N) is 1. The van der Waals surface area contributed by atoms with Crippen LogP contribution in [0.3, 0.4) is 0 Å². The Bertz CT molecular complexity index is 1350. The second-order valence-electron chi connectivity index (χ2n) is 7.84. The molecule has 3 heterocycles. The van der Waals surface area contributed by atoms with Crippen molar-refractivity contribution in [2.45, 2.75) is 18.5 Å². The largest absolute Gasteiger partial charge is 0.369 e. The summed E-state index contributed by atoms with van der Waals surface area (Å²) in [6.07, 6.45) is 0. The minimum atomic E-state index is -0.417. The summed E-state index contributed by atoms with van der Waals surface area (Å²) in [6.45, 7) is 4.17. The summed E-state index contributed by atoms with van der Waals surface area (Å²) in [5, 5.41) is 5.32. The molecule has 1 aliphatic heterocycles. The minimum Gasteiger partial charge on any atom is -0.369 e. The standard InChI is InChI=1S/C25H22N4OS2/c1-27-13-15-4-3-5-16(10-15)19-12-21(32-14-19)23-22(24(30)29(2)25(26)28-23)18-6-7-20-17(11-18)8-9-31-20/h3-12,14,22-23H,1,13H2,2H3,(H2,26,28)/t22-,23-/m1/s1. The number of amides is 1. The topological polar surface area (TPSA) is 71.0 Å². The molecule has 0 aliphatic carbocycles. The number of hydrogen-bond donors (Lipinski definition) is 1. The molecule has 4 aromatic rings. The first-order valence-electron chi connectivity index (χ1n) is 10.2. The van der Waals surface area contributed by atoms with Gasteiger partial charge in [-0.2, -0.15) is 0 Å². The Morgan fingerprint density at radius 1 is 1.12 bits per heavy atom. The quantitative estimate of drug-likeness (QED) is 0.404. The Morgan fingerprint density at radius 3 is 2.84 bits per heavy atom. The predicted molar refractivity (Wildman–Crippen MR) is 135 cm³/mol. The van der Waals surface area contributed by atoms with E-state index in [2.05, 4.69) is 58.9 Å². The minimum absolute atomic E-state index is 0.0360. The first-order valence-corrected chi connectivity index (χ1v) is 12.0. The Morgan fingerprint density at radius 2 is 2.00 bits per heavy atom. The van der Waals surface area contributed by atoms with Gasteiger partial charge in [0.05, 0.1) is 12.5 Å². The average Bonchev–Trinajstić information content (AvgIpc) is 3.47. The van der Waals surface area contributed by atoms with Crippen LogP contribution >= 0.6 is 22.7 Å². The number of rotatable bonds is 5. The zero-order valence-corrected chi connectivity index (χ0v) is 19.2. The van der Waals surface area contributed by atoms with Crippen molar-refractivity contribution < 1.29 is 4.79 Å². The van der Waals surface area contributed by atoms with Gasteiger partial charge in [-0.05, 0) is 75.4 Å². The van der Waals surface area contributed by atoms with Gasteiger partial charge in [0.25, 0.3) is 0 Å². The molecule has 2 aromatic carbocycles. The van der Waals surface area contributed by atoms with Crippen molar-refractivity contribution >= 4 is 51.3 Å². The second-order valence-corrected chi connectivity index (χ2v) is 9.74. The van der Waals surface area contributed by atoms with Crippen LogP contribution in [-0.4, -0.2) is 30.5 Å². The Kier molecular flexibility index (Phi) is 5.36. The zero-order chi connectivity index (χ0) is 22.2. The van der Waals surface area contributed by atoms with E-state index in [-0.39, 0.29) is 17.9 Å². The van der Waals surface area contributed by atoms with Gasteiger partial charge < -0.3 is 5.73 Å². The third-order valence-corrected chi connectivity index (χ3v) is 7.73. The molecule has 7 heteroatoms. The number of thiophene rings is 2. The van der Waals surface area contributed by atoms with Crippen LogP contribution in [0.4, 0.5) is 0 Å². The van der Waals surface area contributed by atoms with Gasteiger partial charge in [0.2, 0.25) is 5.91 Å². The number of carbonyl (C=O) groups is 1. The molecular formula is C25H22N4OS2. The van der Waals surface area contributed by atoms with E-state index in [1.165, 1.54) is 9.60 Å². The molecule has 0 unspecified atom stereocenters. The summed E-state index contributed by atoms with van der Waals surface area (Å²) in [5.41, 5.74) is 10.4. The lowest BCUT2D eigenvalue weighted by molar-refractivity contribution is -0.129. The summed E-state index contributed by atoms with van der Waals surface area (Å²) in [5.74, 6) is -0.202. The van der Waals surface area contributed by atoms with E-state index in [1.54, 1.807) is 29.7 Å². The van der Waals surface area contributed by atoms with Crippen molar-refractivity contribution in [1.82, 2.24) is 4.90 Å². The van der Waals surface area contributed by atoms with Gasteiger partial charge in [-0.25, -0.2) is 4.99 Å². The van der Waals surface area contributed by atoms with E-state index in [0.29, 0.717) is 6.54 Å². The number of benzene rings is 2. The molecule has 32 heavy (non-hydrogen) atoms. The number of carbonyl (C=O) groups excluding carboxylic acids is 1. The van der Waals surface area contributed by atoms with Crippen molar-refractivity contribution in [2.75, 3.05) is 7.05 Å². The normalized spacial score (nSPS) is 18.7. The predicted octanol–water partition coefficient (Wildman–Crippen LogP) is 5.44. The first-order chi connectivity index (χ1) is 15.5. The van der Waals surface area contributed by atoms with Crippen LogP contribution in [0, 0.1) is 0 Å². The lowest BCUT2D eigenvalue weighted by Gasteiger charge is -2.32. The molecule has 0 bridgehead atoms. The van der Waals surface area contributed by atoms with Crippen molar-refractivity contribution in [1.29, 1.82) is 0 Å². The molecule has 1 aliphatic rings. The first kappa shape index (κ1) is 20.6. The number of likely N-dealkylation sites (N-methyl/N-ethyl adjacent to an activating group) is 1. The second kappa shape index (κ2) is 8.33. The van der Waals surface area contributed by atoms with Crippen LogP contribution in [-0.2, 0) is 11.3 Å². The molecule has 1 amide bonds. The van der Waals surface area contributed by atoms with Crippen LogP contribution in [0.2, 0.25) is 0 Å². The van der Waals surface area contributed by atoms with Gasteiger partial charge in [0.1, 0.15) is 6.04 Å². The van der Waals surface area contributed by atoms with Crippen molar-refractivity contribution in [3.63, 3.8) is 0 Å². The highest BCUT2D eigenvalue weighted by atomic mass is 32.1. The molecule has 2 atom stereocenters. The maximum atomic E-state index is 13.3. The van der Waals surface area contributed by atoms with E-state index >= 15 is 0 Å². The van der Waals surface area contributed by atoms with Crippen LogP contribution < -0.4 is 5.73 Å². The van der Waals surface area contributed by atoms with Crippen molar-refractivity contribution in [2.24, 2.45) is 15.7 Å². The highest BCUT2D eigenvalue weighted by Gasteiger charge is 2.39. The van der Waals surface area contributed by atoms with E-state index in [9.17, 15) is 4.79 Å². The van der Waals surface area contributed by atoms with Crippen LogP contribution in [0.1, 0.15) is 28.0 Å². The van der Waals surface area contributed by atoms with E-state index in [0.717, 1.165) is 32.5 Å². The molecule has 2 N–H and O–H groups in total. The number of nitrogens with zero attached hydrogens (tertiary/aromatic N) is 3. The highest BCUT2D eigenvalue weighted by Crippen LogP contribution is 2.43. The summed E-state index contributed by atoms with van der Waals surface area (Å²) < 4.78 is 1.21. The molecular weight excluding hydrogens is 436 g/mol. The summed E-state index contributed by atoms with van der Waals surface area (Å²) in [4.78, 5) is 24.6. The van der Waals surface area contributed by atoms with Gasteiger partial charge >= 0.3 is 0 Å². The maximum Gasteiger partial charge on any atom is 0.239 e. The zero-order valence-electron chi connectivity index (χ0n) is 17.6. The summed E-state index contributed by atoms with van der Waals surface area (Å²) in [6, 6.07) is 18.4. The van der Waals surface area contributed by atoms with E-state index in [1.807, 2.05) is 18.2 Å². The number of guanidine groups is 1. The van der Waals surface area contributed by atoms with Gasteiger partial charge in [0, 0.05) is 16.6 Å². The molecule has 0 spiro atoms. The number of fused-ring (bicyclic) bond motifs is 1. The van der Waals surface area contributed by atoms with Gasteiger partial charge in [0.15, 0.2) is 5.96 Å². The van der Waals surface area contributed by atoms with Gasteiger partial charge in [-0.15, -0.1) is 22.7 Å². The highest BCUT2D eigenvalue weighted by molar-refractivity contribution is 7.17. The fourth-order valence-corrected chi connectivity index (χ4v) is 5.89. The Balaban J connectivity index is 1.56. The SMILES string of the molecule is C=NCc1cccc(-c2csc([C@H]3N=C(N)N(C)C(=O)[C@@H]3c3ccc4sccc4c3)c2)c1. The maximum absolute atomic E-state index is 13.3. The summed E-state index contributed by atoms with van der Waals surface area (Å²) >= 11 is 3.31. The third-order valence-electron chi connectivity index (χ3n) is 5.83. The fraction of sp³-hybridized carbons (Fsp3) is 0.160. The molecule has 2 aromatic heterocycles. The molecule has 0 saturated carbocycles. The third kappa shape index (κ3) is 3.63. The van der Waals surface area contributed by atoms with Crippen LogP contribution in [0.5, 0.6) is 0 Å². The van der Waals surface area contributed by atoms with Crippen LogP contribution in [0.15, 0.2) is 75.3 Å². The van der Waals surface area contributed by atoms with E-state index < -0.39 is 5.92 Å². The number of aliphatic imine (C=N–C) groups is 2. The lowest BCUT2D eigenvalue weighted by Crippen LogP contribution is -2.46. The fourth-order valence-electron chi connectivity index (χ4n) is 4.13. The molecule has 0 saturated heterocycles. The number of hydrogen-bond acceptors (Lipinski definition) is 6. The molecule has 160 valence electrons. The average molecular weight is 459 g/mol. The van der Waals surface area contributed by atoms with E-state index in [4.69, 9.17) is 10.7 Å². The lowest BCUT2D eigenvalue weighted by atomic mass is 9.87. The molecule has 5 rings (SSSR count). The Hall–Kier alpha value is -3.29. The Labute approximate surface area is 194 Å². The van der Waals surface area contributed by atoms with Crippen LogP contribution in [0.25, 0.3) is 21.2 Å². The van der Waals surface area contributed by atoms with Crippen molar-refractivity contribution in [3.8, 4) is 11.1 Å². The molecule has 5 nitrogen and oxygen atoms in total. The summed E-state index contributed by atoms with van der Waals surface area (Å²) in [7, 11) is 1.69. The van der Waals surface area contributed by atoms with Gasteiger partial charge in [-0.1, -0.05) is 24.3 Å². The molecule has 0 radical (unpaired) electrons. The van der Waals surface area contributed by atoms with Gasteiger partial charge in [-0.3, -0.25) is 14.7 Å². The smallest absolute Gasteiger partial charge is 0.239 e. The monoisotopic (exact) mass is 458 g/mol.